The zero-order valence-electron chi connectivity index (χ0n) is 17.2. The van der Waals surface area contributed by atoms with Crippen molar-refractivity contribution in [3.63, 3.8) is 0 Å². The molecule has 0 saturated carbocycles. The van der Waals surface area contributed by atoms with Crippen LogP contribution < -0.4 is 5.32 Å². The van der Waals surface area contributed by atoms with Gasteiger partial charge in [0.1, 0.15) is 12.1 Å². The van der Waals surface area contributed by atoms with Crippen LogP contribution in [0.5, 0.6) is 0 Å². The molecule has 6 heteroatoms. The Morgan fingerprint density at radius 3 is 2.23 bits per heavy atom. The van der Waals surface area contributed by atoms with Gasteiger partial charge < -0.3 is 14.4 Å². The summed E-state index contributed by atoms with van der Waals surface area (Å²) >= 11 is 0. The van der Waals surface area contributed by atoms with Crippen molar-refractivity contribution in [1.82, 2.24) is 4.98 Å². The van der Waals surface area contributed by atoms with Crippen LogP contribution in [0.3, 0.4) is 0 Å². The summed E-state index contributed by atoms with van der Waals surface area (Å²) in [6.45, 7) is 4.26. The molecule has 1 heterocycles. The van der Waals surface area contributed by atoms with Gasteiger partial charge in [-0.3, -0.25) is 4.57 Å². The van der Waals surface area contributed by atoms with E-state index in [1.54, 1.807) is 13.8 Å². The molecule has 0 aliphatic heterocycles. The van der Waals surface area contributed by atoms with Crippen molar-refractivity contribution in [2.24, 2.45) is 0 Å². The second kappa shape index (κ2) is 8.97. The molecule has 0 aliphatic rings. The molecular weight excluding hydrogens is 395 g/mol. The number of para-hydroxylation sites is 1. The average Bonchev–Trinajstić information content (AvgIpc) is 2.77. The van der Waals surface area contributed by atoms with E-state index in [2.05, 4.69) is 47.8 Å². The summed E-state index contributed by atoms with van der Waals surface area (Å²) in [5, 5.41) is 6.56. The molecule has 154 valence electrons. The summed E-state index contributed by atoms with van der Waals surface area (Å²) in [4.78, 5) is 4.84. The van der Waals surface area contributed by atoms with Crippen LogP contribution in [0.4, 0.5) is 5.82 Å². The number of benzene rings is 3. The molecule has 1 N–H and O–H groups in total. The summed E-state index contributed by atoms with van der Waals surface area (Å²) in [6.07, 6.45) is 0.0730. The summed E-state index contributed by atoms with van der Waals surface area (Å²) in [5.41, 5.74) is 3.09. The monoisotopic (exact) mass is 420 g/mol. The van der Waals surface area contributed by atoms with Gasteiger partial charge in [0.15, 0.2) is 0 Å². The van der Waals surface area contributed by atoms with E-state index in [-0.39, 0.29) is 6.29 Å². The van der Waals surface area contributed by atoms with Gasteiger partial charge in [0.25, 0.3) is 0 Å². The third kappa shape index (κ3) is 4.24. The van der Waals surface area contributed by atoms with Crippen LogP contribution in [0, 0.1) is 0 Å². The molecule has 3 aromatic carbocycles. The maximum atomic E-state index is 12.8. The van der Waals surface area contributed by atoms with Crippen LogP contribution in [0.15, 0.2) is 72.8 Å². The normalized spacial score (nSPS) is 11.8. The predicted octanol–water partition coefficient (Wildman–Crippen LogP) is 6.69. The lowest BCUT2D eigenvalue weighted by Crippen LogP contribution is -2.09. The summed E-state index contributed by atoms with van der Waals surface area (Å²) in [5.74, 6) is 0.634. The zero-order valence-corrected chi connectivity index (χ0v) is 18.1. The lowest BCUT2D eigenvalue weighted by atomic mass is 9.96. The molecule has 30 heavy (non-hydrogen) atoms. The van der Waals surface area contributed by atoms with Crippen molar-refractivity contribution in [2.75, 3.05) is 24.8 Å². The van der Waals surface area contributed by atoms with Gasteiger partial charge in [-0.1, -0.05) is 60.7 Å². The van der Waals surface area contributed by atoms with E-state index in [1.807, 2.05) is 30.3 Å². The molecule has 0 bridgehead atoms. The lowest BCUT2D eigenvalue weighted by Gasteiger charge is -2.18. The van der Waals surface area contributed by atoms with Crippen LogP contribution in [-0.2, 0) is 13.6 Å². The molecule has 0 spiro atoms. The topological polar surface area (TPSA) is 60.5 Å². The standard InChI is InChI=1S/C24H25N2O3P/c1-3-28-30(27,29-4-2)17-25-23-16-15-19-11-8-14-22(24(19)26-23)21-13-7-10-18-9-5-6-12-20(18)21/h5-16H,3-4,17H2,1-2H3,(H,25,26). The average molecular weight is 420 g/mol. The SMILES string of the molecule is CCOP(=O)(CNc1ccc2cccc(-c3cccc4ccccc34)c2n1)OCC. The number of hydrogen-bond acceptors (Lipinski definition) is 5. The fourth-order valence-corrected chi connectivity index (χ4v) is 5.02. The minimum atomic E-state index is -3.20. The van der Waals surface area contributed by atoms with Gasteiger partial charge in [-0.05, 0) is 42.3 Å². The maximum Gasteiger partial charge on any atom is 0.349 e. The Balaban J connectivity index is 1.74. The van der Waals surface area contributed by atoms with Crippen molar-refractivity contribution in [1.29, 1.82) is 0 Å². The zero-order chi connectivity index (χ0) is 21.0. The van der Waals surface area contributed by atoms with E-state index in [4.69, 9.17) is 14.0 Å². The number of pyridine rings is 1. The van der Waals surface area contributed by atoms with Crippen molar-refractivity contribution in [2.45, 2.75) is 13.8 Å². The fourth-order valence-electron chi connectivity index (χ4n) is 3.62. The molecule has 0 radical (unpaired) electrons. The first-order valence-corrected chi connectivity index (χ1v) is 11.9. The van der Waals surface area contributed by atoms with E-state index in [0.29, 0.717) is 19.0 Å². The minimum Gasteiger partial charge on any atom is -0.359 e. The third-order valence-corrected chi connectivity index (χ3v) is 6.75. The van der Waals surface area contributed by atoms with Gasteiger partial charge >= 0.3 is 7.60 Å². The number of rotatable bonds is 8. The number of nitrogens with one attached hydrogen (secondary N) is 1. The van der Waals surface area contributed by atoms with E-state index >= 15 is 0 Å². The molecule has 0 saturated heterocycles. The molecule has 0 aliphatic carbocycles. The Morgan fingerprint density at radius 1 is 0.800 bits per heavy atom. The first-order chi connectivity index (χ1) is 14.6. The predicted molar refractivity (Wildman–Crippen MR) is 124 cm³/mol. The summed E-state index contributed by atoms with van der Waals surface area (Å²) in [6, 6.07) is 24.7. The van der Waals surface area contributed by atoms with E-state index in [1.165, 1.54) is 10.8 Å². The largest absolute Gasteiger partial charge is 0.359 e. The van der Waals surface area contributed by atoms with Crippen LogP contribution >= 0.6 is 7.60 Å². The molecule has 0 amide bonds. The molecule has 0 unspecified atom stereocenters. The Hall–Kier alpha value is -2.72. The molecule has 0 fully saturated rings. The van der Waals surface area contributed by atoms with Crippen molar-refractivity contribution >= 4 is 35.1 Å². The van der Waals surface area contributed by atoms with Gasteiger partial charge in [-0.25, -0.2) is 4.98 Å². The van der Waals surface area contributed by atoms with Crippen molar-refractivity contribution in [3.8, 4) is 11.1 Å². The molecule has 0 atom stereocenters. The summed E-state index contributed by atoms with van der Waals surface area (Å²) in [7, 11) is -3.20. The second-order valence-electron chi connectivity index (χ2n) is 6.88. The third-order valence-electron chi connectivity index (χ3n) is 4.91. The lowest BCUT2D eigenvalue weighted by molar-refractivity contribution is 0.221. The highest BCUT2D eigenvalue weighted by Gasteiger charge is 2.23. The number of fused-ring (bicyclic) bond motifs is 2. The Labute approximate surface area is 176 Å². The molecular formula is C24H25N2O3P. The van der Waals surface area contributed by atoms with Gasteiger partial charge in [0, 0.05) is 10.9 Å². The number of nitrogens with zero attached hydrogens (tertiary/aromatic N) is 1. The van der Waals surface area contributed by atoms with Crippen LogP contribution in [-0.4, -0.2) is 24.5 Å². The minimum absolute atomic E-state index is 0.0730. The Morgan fingerprint density at radius 2 is 1.47 bits per heavy atom. The van der Waals surface area contributed by atoms with Gasteiger partial charge in [-0.2, -0.15) is 0 Å². The Kier molecular flexibility index (Phi) is 6.14. The highest BCUT2D eigenvalue weighted by molar-refractivity contribution is 7.53. The number of anilines is 1. The van der Waals surface area contributed by atoms with Gasteiger partial charge in [0.2, 0.25) is 0 Å². The quantitative estimate of drug-likeness (QED) is 0.322. The van der Waals surface area contributed by atoms with Gasteiger partial charge in [-0.15, -0.1) is 0 Å². The van der Waals surface area contributed by atoms with Crippen LogP contribution in [0.25, 0.3) is 32.8 Å². The highest BCUT2D eigenvalue weighted by Crippen LogP contribution is 2.47. The molecule has 4 rings (SSSR count). The molecule has 5 nitrogen and oxygen atoms in total. The van der Waals surface area contributed by atoms with E-state index < -0.39 is 7.60 Å². The Bertz CT molecular complexity index is 1210. The molecule has 1 aromatic heterocycles. The first-order valence-electron chi connectivity index (χ1n) is 10.1. The summed E-state index contributed by atoms with van der Waals surface area (Å²) < 4.78 is 23.5. The first kappa shape index (κ1) is 20.5. The van der Waals surface area contributed by atoms with E-state index in [0.717, 1.165) is 22.0 Å². The maximum absolute atomic E-state index is 12.8. The smallest absolute Gasteiger partial charge is 0.349 e. The fraction of sp³-hybridized carbons (Fsp3) is 0.208. The van der Waals surface area contributed by atoms with E-state index in [9.17, 15) is 4.57 Å². The van der Waals surface area contributed by atoms with Crippen molar-refractivity contribution in [3.05, 3.63) is 72.8 Å². The second-order valence-corrected chi connectivity index (χ2v) is 8.94. The van der Waals surface area contributed by atoms with Crippen LogP contribution in [0.2, 0.25) is 0 Å². The number of hydrogen-bond donors (Lipinski definition) is 1. The number of aromatic nitrogens is 1. The van der Waals surface area contributed by atoms with Gasteiger partial charge in [0.05, 0.1) is 18.7 Å². The highest BCUT2D eigenvalue weighted by atomic mass is 31.2. The van der Waals surface area contributed by atoms with Crippen molar-refractivity contribution < 1.29 is 13.6 Å². The molecule has 4 aromatic rings. The van der Waals surface area contributed by atoms with Crippen LogP contribution in [0.1, 0.15) is 13.8 Å².